The van der Waals surface area contributed by atoms with Crippen molar-refractivity contribution in [1.29, 1.82) is 0 Å². The summed E-state index contributed by atoms with van der Waals surface area (Å²) in [5.41, 5.74) is 5.74. The van der Waals surface area contributed by atoms with Gasteiger partial charge in [0, 0.05) is 25.2 Å². The van der Waals surface area contributed by atoms with Crippen LogP contribution in [0.25, 0.3) is 0 Å². The fraction of sp³-hybridized carbons (Fsp3) is 0.938. The van der Waals surface area contributed by atoms with E-state index in [1.807, 2.05) is 0 Å². The average Bonchev–Trinajstić information content (AvgIpc) is 2.97. The first kappa shape index (κ1) is 14.3. The zero-order valence-electron chi connectivity index (χ0n) is 12.6. The summed E-state index contributed by atoms with van der Waals surface area (Å²) >= 11 is 0. The summed E-state index contributed by atoms with van der Waals surface area (Å²) in [5, 5.41) is 3.38. The Labute approximate surface area is 122 Å². The van der Waals surface area contributed by atoms with Gasteiger partial charge in [-0.15, -0.1) is 0 Å². The Hall–Kier alpha value is -0.610. The van der Waals surface area contributed by atoms with E-state index in [9.17, 15) is 4.79 Å². The minimum absolute atomic E-state index is 0.251. The Morgan fingerprint density at radius 3 is 2.55 bits per heavy atom. The zero-order valence-corrected chi connectivity index (χ0v) is 12.6. The quantitative estimate of drug-likeness (QED) is 0.772. The van der Waals surface area contributed by atoms with E-state index in [-0.39, 0.29) is 11.3 Å². The van der Waals surface area contributed by atoms with E-state index in [1.54, 1.807) is 0 Å². The second kappa shape index (κ2) is 6.02. The lowest BCUT2D eigenvalue weighted by molar-refractivity contribution is -0.132. The van der Waals surface area contributed by atoms with Crippen LogP contribution in [0.15, 0.2) is 0 Å². The molecule has 1 aliphatic carbocycles. The molecule has 4 nitrogen and oxygen atoms in total. The molecule has 0 spiro atoms. The molecule has 4 heteroatoms. The third kappa shape index (κ3) is 2.60. The number of carbonyl (C=O) groups excluding carboxylic acids is 1. The first-order valence-electron chi connectivity index (χ1n) is 8.50. The number of nitrogens with zero attached hydrogens (tertiary/aromatic N) is 1. The molecule has 1 amide bonds. The molecule has 0 aromatic rings. The number of nitrogens with one attached hydrogen (secondary N) is 1. The molecule has 3 fully saturated rings. The van der Waals surface area contributed by atoms with E-state index >= 15 is 0 Å². The highest BCUT2D eigenvalue weighted by Gasteiger charge is 2.42. The first-order chi connectivity index (χ1) is 9.75. The molecule has 3 N–H and O–H groups in total. The van der Waals surface area contributed by atoms with Crippen LogP contribution in [0.2, 0.25) is 0 Å². The lowest BCUT2D eigenvalue weighted by atomic mass is 9.79. The number of rotatable bonds is 3. The van der Waals surface area contributed by atoms with Gasteiger partial charge >= 0.3 is 0 Å². The van der Waals surface area contributed by atoms with Gasteiger partial charge in [0.1, 0.15) is 0 Å². The van der Waals surface area contributed by atoms with E-state index in [0.29, 0.717) is 18.6 Å². The summed E-state index contributed by atoms with van der Waals surface area (Å²) in [6.45, 7) is 2.89. The van der Waals surface area contributed by atoms with Gasteiger partial charge in [0.2, 0.25) is 5.91 Å². The summed E-state index contributed by atoms with van der Waals surface area (Å²) < 4.78 is 0. The highest BCUT2D eigenvalue weighted by Crippen LogP contribution is 2.35. The van der Waals surface area contributed by atoms with Crippen molar-refractivity contribution in [3.8, 4) is 0 Å². The minimum atomic E-state index is -0.275. The third-order valence-electron chi connectivity index (χ3n) is 5.86. The summed E-state index contributed by atoms with van der Waals surface area (Å²) in [6, 6.07) is 0.969. The Morgan fingerprint density at radius 2 is 1.85 bits per heavy atom. The van der Waals surface area contributed by atoms with Gasteiger partial charge < -0.3 is 11.1 Å². The normalized spacial score (nSPS) is 33.6. The molecule has 0 aromatic heterocycles. The number of amides is 1. The first-order valence-corrected chi connectivity index (χ1v) is 8.50. The lowest BCUT2D eigenvalue weighted by Gasteiger charge is -2.32. The Balaban J connectivity index is 1.64. The van der Waals surface area contributed by atoms with Crippen LogP contribution in [-0.2, 0) is 4.79 Å². The van der Waals surface area contributed by atoms with Gasteiger partial charge in [0.25, 0.3) is 0 Å². The van der Waals surface area contributed by atoms with Gasteiger partial charge in [-0.25, -0.2) is 0 Å². The van der Waals surface area contributed by atoms with Crippen molar-refractivity contribution in [2.24, 2.45) is 11.1 Å². The molecule has 3 aliphatic rings. The van der Waals surface area contributed by atoms with Crippen molar-refractivity contribution < 1.29 is 4.79 Å². The Kier molecular flexibility index (Phi) is 4.32. The molecule has 20 heavy (non-hydrogen) atoms. The second-order valence-electron chi connectivity index (χ2n) is 7.01. The van der Waals surface area contributed by atoms with Crippen LogP contribution in [0.1, 0.15) is 57.8 Å². The van der Waals surface area contributed by atoms with Gasteiger partial charge in [0.05, 0.1) is 5.41 Å². The van der Waals surface area contributed by atoms with Gasteiger partial charge in [-0.3, -0.25) is 9.69 Å². The molecule has 2 atom stereocenters. The average molecular weight is 279 g/mol. The second-order valence-corrected chi connectivity index (χ2v) is 7.01. The van der Waals surface area contributed by atoms with Gasteiger partial charge in [-0.05, 0) is 38.6 Å². The molecule has 2 saturated heterocycles. The molecule has 2 unspecified atom stereocenters. The molecule has 0 aromatic carbocycles. The van der Waals surface area contributed by atoms with Crippen molar-refractivity contribution in [2.45, 2.75) is 69.9 Å². The van der Waals surface area contributed by atoms with E-state index in [4.69, 9.17) is 5.73 Å². The van der Waals surface area contributed by atoms with Crippen LogP contribution in [0, 0.1) is 5.41 Å². The van der Waals surface area contributed by atoms with Crippen molar-refractivity contribution in [3.05, 3.63) is 0 Å². The molecule has 0 bridgehead atoms. The van der Waals surface area contributed by atoms with Gasteiger partial charge in [-0.2, -0.15) is 0 Å². The highest BCUT2D eigenvalue weighted by molar-refractivity contribution is 5.83. The highest BCUT2D eigenvalue weighted by atomic mass is 16.2. The summed E-state index contributed by atoms with van der Waals surface area (Å²) in [7, 11) is 0. The van der Waals surface area contributed by atoms with Crippen LogP contribution in [0.5, 0.6) is 0 Å². The zero-order chi connectivity index (χ0) is 14.0. The number of fused-ring (bicyclic) bond motifs is 1. The van der Waals surface area contributed by atoms with Crippen LogP contribution in [0.4, 0.5) is 0 Å². The predicted molar refractivity (Wildman–Crippen MR) is 80.3 cm³/mol. The molecule has 114 valence electrons. The Bertz CT molecular complexity index is 350. The molecule has 2 aliphatic heterocycles. The van der Waals surface area contributed by atoms with E-state index in [1.165, 1.54) is 32.2 Å². The maximum absolute atomic E-state index is 12.8. The van der Waals surface area contributed by atoms with Gasteiger partial charge in [-0.1, -0.05) is 25.7 Å². The monoisotopic (exact) mass is 279 g/mol. The van der Waals surface area contributed by atoms with Crippen molar-refractivity contribution in [3.63, 3.8) is 0 Å². The van der Waals surface area contributed by atoms with Crippen LogP contribution >= 0.6 is 0 Å². The number of hydrogen-bond donors (Lipinski definition) is 2. The number of carbonyl (C=O) groups is 1. The van der Waals surface area contributed by atoms with Crippen molar-refractivity contribution in [1.82, 2.24) is 10.2 Å². The molecule has 3 rings (SSSR count). The largest absolute Gasteiger partial charge is 0.351 e. The smallest absolute Gasteiger partial charge is 0.227 e. The van der Waals surface area contributed by atoms with Crippen LogP contribution in [0.3, 0.4) is 0 Å². The standard InChI is InChI=1S/C16H29N3O/c17-12-16(8-3-1-2-4-9-16)15(20)18-13-7-11-19-10-5-6-14(13)19/h13-14H,1-12,17H2,(H,18,20). The topological polar surface area (TPSA) is 58.4 Å². The van der Waals surface area contributed by atoms with E-state index in [0.717, 1.165) is 38.6 Å². The molecule has 2 heterocycles. The summed E-state index contributed by atoms with van der Waals surface area (Å²) in [6.07, 6.45) is 10.5. The summed E-state index contributed by atoms with van der Waals surface area (Å²) in [5.74, 6) is 0.251. The number of hydrogen-bond acceptors (Lipinski definition) is 3. The van der Waals surface area contributed by atoms with Crippen LogP contribution < -0.4 is 11.1 Å². The fourth-order valence-corrected chi connectivity index (χ4v) is 4.50. The third-order valence-corrected chi connectivity index (χ3v) is 5.86. The summed E-state index contributed by atoms with van der Waals surface area (Å²) in [4.78, 5) is 15.4. The van der Waals surface area contributed by atoms with Gasteiger partial charge in [0.15, 0.2) is 0 Å². The van der Waals surface area contributed by atoms with E-state index < -0.39 is 0 Å². The molecule has 0 radical (unpaired) electrons. The lowest BCUT2D eigenvalue weighted by Crippen LogP contribution is -2.51. The maximum Gasteiger partial charge on any atom is 0.227 e. The SMILES string of the molecule is NCC1(C(=O)NC2CCN3CCCC23)CCCCCC1. The fourth-order valence-electron chi connectivity index (χ4n) is 4.50. The van der Waals surface area contributed by atoms with Crippen LogP contribution in [-0.4, -0.2) is 42.5 Å². The number of nitrogens with two attached hydrogens (primary N) is 1. The predicted octanol–water partition coefficient (Wildman–Crippen LogP) is 1.64. The van der Waals surface area contributed by atoms with Crippen molar-refractivity contribution >= 4 is 5.91 Å². The Morgan fingerprint density at radius 1 is 1.10 bits per heavy atom. The molecular weight excluding hydrogens is 250 g/mol. The molecule has 1 saturated carbocycles. The maximum atomic E-state index is 12.8. The minimum Gasteiger partial charge on any atom is -0.351 e. The van der Waals surface area contributed by atoms with Crippen molar-refractivity contribution in [2.75, 3.05) is 19.6 Å². The molecular formula is C16H29N3O. The van der Waals surface area contributed by atoms with E-state index in [2.05, 4.69) is 10.2 Å².